The maximum Gasteiger partial charge on any atom is 0.0893 e. The molecule has 0 aromatic carbocycles. The van der Waals surface area contributed by atoms with E-state index in [1.807, 2.05) is 5.38 Å². The van der Waals surface area contributed by atoms with Gasteiger partial charge in [-0.05, 0) is 37.2 Å². The molecule has 16 heavy (non-hydrogen) atoms. The van der Waals surface area contributed by atoms with E-state index in [0.717, 1.165) is 18.2 Å². The standard InChI is InChI=1S/C12H21N3S/c1-10(6-7-11-4-2-3-5-11)13-8-12-9-16-15-14-12/h9-11,13H,2-8H2,1H3. The Morgan fingerprint density at radius 1 is 1.50 bits per heavy atom. The highest BCUT2D eigenvalue weighted by molar-refractivity contribution is 7.03. The van der Waals surface area contributed by atoms with Gasteiger partial charge in [-0.3, -0.25) is 0 Å². The summed E-state index contributed by atoms with van der Waals surface area (Å²) in [5.74, 6) is 1.00. The van der Waals surface area contributed by atoms with E-state index in [1.165, 1.54) is 50.1 Å². The van der Waals surface area contributed by atoms with Crippen LogP contribution in [0.1, 0.15) is 51.1 Å². The van der Waals surface area contributed by atoms with Crippen LogP contribution in [-0.2, 0) is 6.54 Å². The van der Waals surface area contributed by atoms with Crippen molar-refractivity contribution in [2.75, 3.05) is 0 Å². The minimum atomic E-state index is 0.599. The molecule has 2 rings (SSSR count). The predicted molar refractivity (Wildman–Crippen MR) is 67.4 cm³/mol. The molecule has 1 aliphatic carbocycles. The van der Waals surface area contributed by atoms with E-state index < -0.39 is 0 Å². The summed E-state index contributed by atoms with van der Waals surface area (Å²) in [4.78, 5) is 0. The maximum absolute atomic E-state index is 4.03. The molecule has 3 nitrogen and oxygen atoms in total. The summed E-state index contributed by atoms with van der Waals surface area (Å²) in [6, 6.07) is 0.599. The first-order valence-corrected chi connectivity index (χ1v) is 7.17. The van der Waals surface area contributed by atoms with E-state index in [-0.39, 0.29) is 0 Å². The monoisotopic (exact) mass is 239 g/mol. The molecule has 90 valence electrons. The molecule has 1 atom stereocenters. The third-order valence-corrected chi connectivity index (χ3v) is 4.07. The predicted octanol–water partition coefficient (Wildman–Crippen LogP) is 2.99. The average Bonchev–Trinajstić information content (AvgIpc) is 2.96. The van der Waals surface area contributed by atoms with Crippen LogP contribution < -0.4 is 5.32 Å². The normalized spacial score (nSPS) is 19.1. The molecule has 1 aromatic heterocycles. The largest absolute Gasteiger partial charge is 0.309 e. The van der Waals surface area contributed by atoms with Gasteiger partial charge >= 0.3 is 0 Å². The van der Waals surface area contributed by atoms with Gasteiger partial charge in [-0.2, -0.15) is 0 Å². The zero-order chi connectivity index (χ0) is 11.2. The van der Waals surface area contributed by atoms with Crippen LogP contribution in [0.25, 0.3) is 0 Å². The third kappa shape index (κ3) is 3.83. The molecule has 1 aromatic rings. The van der Waals surface area contributed by atoms with Crippen LogP contribution in [0.2, 0.25) is 0 Å². The number of nitrogens with zero attached hydrogens (tertiary/aromatic N) is 2. The second-order valence-corrected chi connectivity index (χ2v) is 5.52. The summed E-state index contributed by atoms with van der Waals surface area (Å²) < 4.78 is 3.86. The van der Waals surface area contributed by atoms with Crippen molar-refractivity contribution in [3.05, 3.63) is 11.1 Å². The highest BCUT2D eigenvalue weighted by atomic mass is 32.1. The van der Waals surface area contributed by atoms with Crippen molar-refractivity contribution in [3.8, 4) is 0 Å². The van der Waals surface area contributed by atoms with Crippen LogP contribution in [0.15, 0.2) is 5.38 Å². The zero-order valence-corrected chi connectivity index (χ0v) is 10.8. The first-order chi connectivity index (χ1) is 7.84. The zero-order valence-electron chi connectivity index (χ0n) is 9.98. The highest BCUT2D eigenvalue weighted by Gasteiger charge is 2.15. The number of rotatable bonds is 6. The van der Waals surface area contributed by atoms with E-state index in [1.54, 1.807) is 0 Å². The second-order valence-electron chi connectivity index (χ2n) is 4.91. The summed E-state index contributed by atoms with van der Waals surface area (Å²) >= 11 is 1.42. The molecule has 4 heteroatoms. The van der Waals surface area contributed by atoms with Crippen LogP contribution in [0.3, 0.4) is 0 Å². The molecule has 1 unspecified atom stereocenters. The van der Waals surface area contributed by atoms with E-state index in [0.29, 0.717) is 6.04 Å². The van der Waals surface area contributed by atoms with Gasteiger partial charge in [0.1, 0.15) is 0 Å². The molecule has 0 radical (unpaired) electrons. The van der Waals surface area contributed by atoms with Gasteiger partial charge in [-0.15, -0.1) is 5.10 Å². The van der Waals surface area contributed by atoms with Gasteiger partial charge in [0.25, 0.3) is 0 Å². The minimum Gasteiger partial charge on any atom is -0.309 e. The van der Waals surface area contributed by atoms with Gasteiger partial charge < -0.3 is 5.32 Å². The molecule has 0 saturated heterocycles. The van der Waals surface area contributed by atoms with E-state index in [2.05, 4.69) is 21.8 Å². The number of hydrogen-bond acceptors (Lipinski definition) is 4. The lowest BCUT2D eigenvalue weighted by Crippen LogP contribution is -2.26. The van der Waals surface area contributed by atoms with Crippen molar-refractivity contribution in [2.45, 2.75) is 58.0 Å². The fourth-order valence-electron chi connectivity index (χ4n) is 2.43. The van der Waals surface area contributed by atoms with Gasteiger partial charge in [0.2, 0.25) is 0 Å². The quantitative estimate of drug-likeness (QED) is 0.829. The molecule has 1 aliphatic rings. The lowest BCUT2D eigenvalue weighted by Gasteiger charge is -2.15. The van der Waals surface area contributed by atoms with Crippen molar-refractivity contribution >= 4 is 11.5 Å². The Labute approximate surface area is 102 Å². The Balaban J connectivity index is 1.58. The second kappa shape index (κ2) is 6.30. The Hall–Kier alpha value is -0.480. The minimum absolute atomic E-state index is 0.599. The Bertz CT molecular complexity index is 280. The number of aromatic nitrogens is 2. The molecule has 0 aliphatic heterocycles. The van der Waals surface area contributed by atoms with Gasteiger partial charge in [-0.25, -0.2) is 0 Å². The molecule has 0 amide bonds. The van der Waals surface area contributed by atoms with E-state index in [9.17, 15) is 0 Å². The topological polar surface area (TPSA) is 37.8 Å². The third-order valence-electron chi connectivity index (χ3n) is 3.52. The fourth-order valence-corrected chi connectivity index (χ4v) is 2.88. The molecule has 1 heterocycles. The lowest BCUT2D eigenvalue weighted by molar-refractivity contribution is 0.418. The first-order valence-electron chi connectivity index (χ1n) is 6.34. The van der Waals surface area contributed by atoms with Gasteiger partial charge in [-0.1, -0.05) is 30.2 Å². The van der Waals surface area contributed by atoms with E-state index >= 15 is 0 Å². The molecule has 1 fully saturated rings. The van der Waals surface area contributed by atoms with Crippen LogP contribution in [0, 0.1) is 5.92 Å². The summed E-state index contributed by atoms with van der Waals surface area (Å²) in [5, 5.41) is 9.56. The van der Waals surface area contributed by atoms with Crippen LogP contribution in [0.5, 0.6) is 0 Å². The van der Waals surface area contributed by atoms with Crippen LogP contribution >= 0.6 is 11.5 Å². The molecular weight excluding hydrogens is 218 g/mol. The van der Waals surface area contributed by atoms with Crippen molar-refractivity contribution in [3.63, 3.8) is 0 Å². The highest BCUT2D eigenvalue weighted by Crippen LogP contribution is 2.28. The molecule has 1 saturated carbocycles. The summed E-state index contributed by atoms with van der Waals surface area (Å²) in [5.41, 5.74) is 1.07. The van der Waals surface area contributed by atoms with Gasteiger partial charge in [0.05, 0.1) is 5.69 Å². The van der Waals surface area contributed by atoms with Crippen molar-refractivity contribution in [1.29, 1.82) is 0 Å². The average molecular weight is 239 g/mol. The fraction of sp³-hybridized carbons (Fsp3) is 0.833. The van der Waals surface area contributed by atoms with Crippen molar-refractivity contribution in [2.24, 2.45) is 5.92 Å². The summed E-state index contributed by atoms with van der Waals surface area (Å²) in [7, 11) is 0. The smallest absolute Gasteiger partial charge is 0.0893 e. The maximum atomic E-state index is 4.03. The SMILES string of the molecule is CC(CCC1CCCC1)NCc1csnn1. The van der Waals surface area contributed by atoms with Crippen molar-refractivity contribution in [1.82, 2.24) is 14.9 Å². The van der Waals surface area contributed by atoms with Gasteiger partial charge in [0.15, 0.2) is 0 Å². The molecule has 0 bridgehead atoms. The molecular formula is C12H21N3S. The Morgan fingerprint density at radius 2 is 2.31 bits per heavy atom. The Morgan fingerprint density at radius 3 is 3.00 bits per heavy atom. The lowest BCUT2D eigenvalue weighted by atomic mass is 9.99. The molecule has 1 N–H and O–H groups in total. The summed E-state index contributed by atoms with van der Waals surface area (Å²) in [6.45, 7) is 3.14. The van der Waals surface area contributed by atoms with Gasteiger partial charge in [0, 0.05) is 18.0 Å². The van der Waals surface area contributed by atoms with E-state index in [4.69, 9.17) is 0 Å². The summed E-state index contributed by atoms with van der Waals surface area (Å²) in [6.07, 6.45) is 8.52. The van der Waals surface area contributed by atoms with Crippen LogP contribution in [-0.4, -0.2) is 15.6 Å². The first kappa shape index (κ1) is 12.0. The number of hydrogen-bond donors (Lipinski definition) is 1. The Kier molecular flexibility index (Phi) is 4.72. The number of nitrogens with one attached hydrogen (secondary N) is 1. The molecule has 0 spiro atoms. The van der Waals surface area contributed by atoms with Crippen molar-refractivity contribution < 1.29 is 0 Å². The van der Waals surface area contributed by atoms with Crippen LogP contribution in [0.4, 0.5) is 0 Å².